The molecule has 3 heterocycles. The third-order valence-corrected chi connectivity index (χ3v) is 4.37. The van der Waals surface area contributed by atoms with Gasteiger partial charge in [0.2, 0.25) is 0 Å². The summed E-state index contributed by atoms with van der Waals surface area (Å²) in [6.07, 6.45) is 5.69. The van der Waals surface area contributed by atoms with Gasteiger partial charge in [-0.3, -0.25) is 9.88 Å². The lowest BCUT2D eigenvalue weighted by atomic mass is 10.2. The molecule has 5 heteroatoms. The van der Waals surface area contributed by atoms with Gasteiger partial charge in [0.15, 0.2) is 0 Å². The summed E-state index contributed by atoms with van der Waals surface area (Å²) in [5.74, 6) is 0. The Morgan fingerprint density at radius 1 is 1.32 bits per heavy atom. The van der Waals surface area contributed by atoms with Crippen LogP contribution in [-0.2, 0) is 0 Å². The molecule has 1 aromatic rings. The maximum atomic E-state index is 5.67. The SMILES string of the molecule is NC(=S)c1cc(N2CCCN3CCCC3C2)ccn1. The first kappa shape index (κ1) is 12.8. The van der Waals surface area contributed by atoms with Crippen molar-refractivity contribution in [3.05, 3.63) is 24.0 Å². The summed E-state index contributed by atoms with van der Waals surface area (Å²) in [6.45, 7) is 4.72. The molecule has 0 aromatic carbocycles. The summed E-state index contributed by atoms with van der Waals surface area (Å²) >= 11 is 5.01. The van der Waals surface area contributed by atoms with Crippen LogP contribution >= 0.6 is 12.2 Å². The summed E-state index contributed by atoms with van der Waals surface area (Å²) < 4.78 is 0. The van der Waals surface area contributed by atoms with Crippen LogP contribution < -0.4 is 10.6 Å². The van der Waals surface area contributed by atoms with Crippen LogP contribution in [0.2, 0.25) is 0 Å². The fourth-order valence-corrected chi connectivity index (χ4v) is 3.30. The number of thiocarbonyl (C=S) groups is 1. The molecule has 2 saturated heterocycles. The number of nitrogens with two attached hydrogens (primary N) is 1. The van der Waals surface area contributed by atoms with Crippen LogP contribution in [0.4, 0.5) is 5.69 Å². The van der Waals surface area contributed by atoms with Crippen molar-refractivity contribution in [2.75, 3.05) is 31.1 Å². The van der Waals surface area contributed by atoms with E-state index in [9.17, 15) is 0 Å². The first-order valence-corrected chi connectivity index (χ1v) is 7.40. The lowest BCUT2D eigenvalue weighted by molar-refractivity contribution is 0.273. The van der Waals surface area contributed by atoms with E-state index in [1.54, 1.807) is 6.20 Å². The Morgan fingerprint density at radius 2 is 2.16 bits per heavy atom. The molecule has 0 saturated carbocycles. The van der Waals surface area contributed by atoms with Crippen molar-refractivity contribution in [3.8, 4) is 0 Å². The fourth-order valence-electron chi connectivity index (χ4n) is 3.19. The minimum Gasteiger partial charge on any atom is -0.388 e. The van der Waals surface area contributed by atoms with Crippen LogP contribution in [0, 0.1) is 0 Å². The average molecular weight is 276 g/mol. The highest BCUT2D eigenvalue weighted by Crippen LogP contribution is 2.25. The van der Waals surface area contributed by atoms with Gasteiger partial charge in [0.1, 0.15) is 4.99 Å². The van der Waals surface area contributed by atoms with Crippen LogP contribution in [-0.4, -0.2) is 47.1 Å². The largest absolute Gasteiger partial charge is 0.388 e. The maximum absolute atomic E-state index is 5.67. The Bertz CT molecular complexity index is 476. The minimum atomic E-state index is 0.374. The molecule has 2 N–H and O–H groups in total. The van der Waals surface area contributed by atoms with Gasteiger partial charge in [-0.15, -0.1) is 0 Å². The monoisotopic (exact) mass is 276 g/mol. The predicted octanol–water partition coefficient (Wildman–Crippen LogP) is 1.39. The Morgan fingerprint density at radius 3 is 3.00 bits per heavy atom. The molecular formula is C14H20N4S. The van der Waals surface area contributed by atoms with Crippen molar-refractivity contribution in [1.29, 1.82) is 0 Å². The molecule has 0 bridgehead atoms. The lowest BCUT2D eigenvalue weighted by Gasteiger charge is -2.27. The normalized spacial score (nSPS) is 24.0. The number of anilines is 1. The summed E-state index contributed by atoms with van der Waals surface area (Å²) in [4.78, 5) is 9.69. The molecule has 1 atom stereocenters. The van der Waals surface area contributed by atoms with E-state index in [4.69, 9.17) is 18.0 Å². The van der Waals surface area contributed by atoms with Crippen molar-refractivity contribution in [3.63, 3.8) is 0 Å². The second-order valence-corrected chi connectivity index (χ2v) is 5.83. The zero-order valence-corrected chi connectivity index (χ0v) is 11.9. The van der Waals surface area contributed by atoms with E-state index in [1.165, 1.54) is 38.0 Å². The topological polar surface area (TPSA) is 45.4 Å². The molecule has 0 spiro atoms. The van der Waals surface area contributed by atoms with Gasteiger partial charge >= 0.3 is 0 Å². The van der Waals surface area contributed by atoms with Crippen LogP contribution in [0.15, 0.2) is 18.3 Å². The number of aromatic nitrogens is 1. The predicted molar refractivity (Wildman–Crippen MR) is 81.5 cm³/mol. The van der Waals surface area contributed by atoms with Crippen molar-refractivity contribution in [2.45, 2.75) is 25.3 Å². The van der Waals surface area contributed by atoms with Crippen molar-refractivity contribution in [2.24, 2.45) is 5.73 Å². The van der Waals surface area contributed by atoms with Crippen molar-refractivity contribution in [1.82, 2.24) is 9.88 Å². The number of fused-ring (bicyclic) bond motifs is 1. The smallest absolute Gasteiger partial charge is 0.122 e. The van der Waals surface area contributed by atoms with Crippen LogP contribution in [0.1, 0.15) is 25.0 Å². The van der Waals surface area contributed by atoms with Gasteiger partial charge in [-0.25, -0.2) is 0 Å². The molecule has 3 rings (SSSR count). The molecule has 4 nitrogen and oxygen atoms in total. The van der Waals surface area contributed by atoms with Gasteiger partial charge in [-0.1, -0.05) is 12.2 Å². The number of hydrogen-bond acceptors (Lipinski definition) is 4. The van der Waals surface area contributed by atoms with Crippen LogP contribution in [0.3, 0.4) is 0 Å². The molecule has 1 unspecified atom stereocenters. The van der Waals surface area contributed by atoms with Crippen LogP contribution in [0.25, 0.3) is 0 Å². The molecule has 2 fully saturated rings. The average Bonchev–Trinajstić information content (AvgIpc) is 2.76. The fraction of sp³-hybridized carbons (Fsp3) is 0.571. The van der Waals surface area contributed by atoms with Gasteiger partial charge in [0, 0.05) is 37.6 Å². The Labute approximate surface area is 119 Å². The van der Waals surface area contributed by atoms with Crippen molar-refractivity contribution < 1.29 is 0 Å². The Balaban J connectivity index is 1.80. The Hall–Kier alpha value is -1.20. The summed E-state index contributed by atoms with van der Waals surface area (Å²) in [5.41, 5.74) is 7.59. The van der Waals surface area contributed by atoms with E-state index in [-0.39, 0.29) is 0 Å². The van der Waals surface area contributed by atoms with Gasteiger partial charge in [-0.2, -0.15) is 0 Å². The second kappa shape index (κ2) is 5.43. The maximum Gasteiger partial charge on any atom is 0.122 e. The first-order valence-electron chi connectivity index (χ1n) is 6.99. The molecule has 0 radical (unpaired) electrons. The second-order valence-electron chi connectivity index (χ2n) is 5.40. The van der Waals surface area contributed by atoms with E-state index in [0.29, 0.717) is 11.0 Å². The molecule has 2 aliphatic heterocycles. The molecule has 102 valence electrons. The third kappa shape index (κ3) is 2.72. The van der Waals surface area contributed by atoms with Gasteiger partial charge in [0.25, 0.3) is 0 Å². The zero-order valence-electron chi connectivity index (χ0n) is 11.1. The molecule has 19 heavy (non-hydrogen) atoms. The zero-order chi connectivity index (χ0) is 13.2. The van der Waals surface area contributed by atoms with E-state index >= 15 is 0 Å². The highest BCUT2D eigenvalue weighted by Gasteiger charge is 2.28. The number of pyridine rings is 1. The molecular weight excluding hydrogens is 256 g/mol. The molecule has 2 aliphatic rings. The highest BCUT2D eigenvalue weighted by atomic mass is 32.1. The summed E-state index contributed by atoms with van der Waals surface area (Å²) in [6, 6.07) is 4.79. The van der Waals surface area contributed by atoms with Gasteiger partial charge in [0.05, 0.1) is 5.69 Å². The number of nitrogens with zero attached hydrogens (tertiary/aromatic N) is 3. The molecule has 0 aliphatic carbocycles. The Kier molecular flexibility index (Phi) is 3.66. The third-order valence-electron chi connectivity index (χ3n) is 4.16. The van der Waals surface area contributed by atoms with Gasteiger partial charge < -0.3 is 10.6 Å². The van der Waals surface area contributed by atoms with Crippen molar-refractivity contribution >= 4 is 22.9 Å². The van der Waals surface area contributed by atoms with E-state index in [0.717, 1.165) is 18.8 Å². The number of hydrogen-bond donors (Lipinski definition) is 1. The molecule has 1 aromatic heterocycles. The van der Waals surface area contributed by atoms with Crippen LogP contribution in [0.5, 0.6) is 0 Å². The highest BCUT2D eigenvalue weighted by molar-refractivity contribution is 7.80. The quantitative estimate of drug-likeness (QED) is 0.827. The minimum absolute atomic E-state index is 0.374. The summed E-state index contributed by atoms with van der Waals surface area (Å²) in [7, 11) is 0. The molecule has 0 amide bonds. The van der Waals surface area contributed by atoms with Gasteiger partial charge in [-0.05, 0) is 37.9 Å². The standard InChI is InChI=1S/C14H20N4S/c15-14(19)13-9-11(4-5-16-13)18-8-2-7-17-6-1-3-12(17)10-18/h4-5,9,12H,1-3,6-8,10H2,(H2,15,19). The number of rotatable bonds is 2. The van der Waals surface area contributed by atoms with E-state index < -0.39 is 0 Å². The first-order chi connectivity index (χ1) is 9.24. The van der Waals surface area contributed by atoms with E-state index in [2.05, 4.69) is 20.9 Å². The van der Waals surface area contributed by atoms with E-state index in [1.807, 2.05) is 6.07 Å². The summed E-state index contributed by atoms with van der Waals surface area (Å²) in [5, 5.41) is 0. The lowest BCUT2D eigenvalue weighted by Crippen LogP contribution is -2.36.